The van der Waals surface area contributed by atoms with E-state index >= 15 is 0 Å². The number of H-pyrrole nitrogens is 1. The van der Waals surface area contributed by atoms with E-state index in [0.29, 0.717) is 18.1 Å². The van der Waals surface area contributed by atoms with Crippen LogP contribution in [0, 0.1) is 6.92 Å². The molecule has 108 valence electrons. The lowest BCUT2D eigenvalue weighted by molar-refractivity contribution is -0.116. The number of carbonyl (C=O) groups excluding carboxylic acids is 1. The molecule has 2 N–H and O–H groups in total. The van der Waals surface area contributed by atoms with Crippen molar-refractivity contribution in [3.05, 3.63) is 28.6 Å². The van der Waals surface area contributed by atoms with Gasteiger partial charge >= 0.3 is 0 Å². The fraction of sp³-hybridized carbons (Fsp3) is 0.429. The van der Waals surface area contributed by atoms with Crippen molar-refractivity contribution in [1.29, 1.82) is 0 Å². The molecule has 0 fully saturated rings. The Kier molecular flexibility index (Phi) is 4.24. The summed E-state index contributed by atoms with van der Waals surface area (Å²) >= 11 is 0. The summed E-state index contributed by atoms with van der Waals surface area (Å²) in [5, 5.41) is 3.87. The third-order valence-corrected chi connectivity index (χ3v) is 2.94. The van der Waals surface area contributed by atoms with Crippen LogP contribution < -0.4 is 5.43 Å². The van der Waals surface area contributed by atoms with Gasteiger partial charge in [0.15, 0.2) is 0 Å². The standard InChI is InChI=1S/C14H20N4O2/c1-5-20-14-12(13(19)16-17-14)7-11-6-10(8-18(3)4)9(2)15-11/h6-7,15H,5,8H2,1-4H3,(H,16,19). The third-order valence-electron chi connectivity index (χ3n) is 2.94. The molecule has 2 rings (SSSR count). The van der Waals surface area contributed by atoms with E-state index in [1.165, 1.54) is 5.56 Å². The van der Waals surface area contributed by atoms with E-state index in [0.717, 1.165) is 17.9 Å². The summed E-state index contributed by atoms with van der Waals surface area (Å²) in [5.41, 5.74) is 6.03. The third kappa shape index (κ3) is 3.08. The van der Waals surface area contributed by atoms with Gasteiger partial charge in [0, 0.05) is 17.9 Å². The van der Waals surface area contributed by atoms with Crippen LogP contribution in [0.2, 0.25) is 0 Å². The largest absolute Gasteiger partial charge is 0.476 e. The van der Waals surface area contributed by atoms with Gasteiger partial charge in [-0.1, -0.05) is 0 Å². The van der Waals surface area contributed by atoms with Gasteiger partial charge in [-0.3, -0.25) is 4.79 Å². The topological polar surface area (TPSA) is 69.7 Å². The summed E-state index contributed by atoms with van der Waals surface area (Å²) in [7, 11) is 4.05. The highest BCUT2D eigenvalue weighted by atomic mass is 16.5. The van der Waals surface area contributed by atoms with Crippen molar-refractivity contribution in [2.24, 2.45) is 5.10 Å². The number of nitrogens with zero attached hydrogens (tertiary/aromatic N) is 2. The maximum Gasteiger partial charge on any atom is 0.277 e. The average molecular weight is 276 g/mol. The van der Waals surface area contributed by atoms with E-state index in [1.807, 2.05) is 34.0 Å². The quantitative estimate of drug-likeness (QED) is 0.813. The van der Waals surface area contributed by atoms with Crippen LogP contribution >= 0.6 is 0 Å². The summed E-state index contributed by atoms with van der Waals surface area (Å²) in [4.78, 5) is 17.1. The molecule has 1 aromatic rings. The van der Waals surface area contributed by atoms with E-state index in [4.69, 9.17) is 4.74 Å². The zero-order valence-electron chi connectivity index (χ0n) is 12.3. The second kappa shape index (κ2) is 5.92. The fourth-order valence-electron chi connectivity index (χ4n) is 2.06. The Morgan fingerprint density at radius 3 is 2.85 bits per heavy atom. The number of carbonyl (C=O) groups is 1. The molecule has 0 spiro atoms. The number of amides is 1. The molecule has 0 aliphatic carbocycles. The van der Waals surface area contributed by atoms with Crippen LogP contribution in [-0.2, 0) is 16.1 Å². The lowest BCUT2D eigenvalue weighted by Gasteiger charge is -2.07. The molecule has 6 heteroatoms. The molecule has 0 radical (unpaired) electrons. The SMILES string of the molecule is CCOC1=NNC(=O)C1=Cc1cc(CN(C)C)c(C)[nH]1. The molecule has 6 nitrogen and oxygen atoms in total. The number of hydrogen-bond donors (Lipinski definition) is 2. The number of rotatable bonds is 4. The van der Waals surface area contributed by atoms with Crippen LogP contribution in [0.5, 0.6) is 0 Å². The minimum atomic E-state index is -0.241. The predicted molar refractivity (Wildman–Crippen MR) is 78.1 cm³/mol. The van der Waals surface area contributed by atoms with E-state index in [1.54, 1.807) is 6.08 Å². The number of hydrazone groups is 1. The Bertz CT molecular complexity index is 570. The summed E-state index contributed by atoms with van der Waals surface area (Å²) in [5.74, 6) is 0.105. The zero-order chi connectivity index (χ0) is 14.7. The summed E-state index contributed by atoms with van der Waals surface area (Å²) in [6, 6.07) is 2.04. The first-order valence-electron chi connectivity index (χ1n) is 6.57. The van der Waals surface area contributed by atoms with Crippen LogP contribution in [0.1, 0.15) is 23.9 Å². The number of hydrogen-bond acceptors (Lipinski definition) is 4. The van der Waals surface area contributed by atoms with Gasteiger partial charge in [-0.15, -0.1) is 5.10 Å². The van der Waals surface area contributed by atoms with Gasteiger partial charge in [-0.2, -0.15) is 0 Å². The predicted octanol–water partition coefficient (Wildman–Crippen LogP) is 1.25. The Morgan fingerprint density at radius 2 is 2.20 bits per heavy atom. The highest BCUT2D eigenvalue weighted by Gasteiger charge is 2.24. The molecule has 0 bridgehead atoms. The number of aryl methyl sites for hydroxylation is 1. The first-order chi connectivity index (χ1) is 9.51. The fourth-order valence-corrected chi connectivity index (χ4v) is 2.06. The minimum Gasteiger partial charge on any atom is -0.476 e. The summed E-state index contributed by atoms with van der Waals surface area (Å²) in [6.45, 7) is 5.20. The van der Waals surface area contributed by atoms with E-state index in [2.05, 4.69) is 20.4 Å². The lowest BCUT2D eigenvalue weighted by atomic mass is 10.2. The summed E-state index contributed by atoms with van der Waals surface area (Å²) in [6.07, 6.45) is 1.77. The molecule has 0 aromatic carbocycles. The van der Waals surface area contributed by atoms with Gasteiger partial charge in [0.1, 0.15) is 5.57 Å². The zero-order valence-corrected chi connectivity index (χ0v) is 12.3. The van der Waals surface area contributed by atoms with Gasteiger partial charge in [-0.05, 0) is 45.6 Å². The van der Waals surface area contributed by atoms with Crippen molar-refractivity contribution in [1.82, 2.24) is 15.3 Å². The monoisotopic (exact) mass is 276 g/mol. The maximum atomic E-state index is 11.7. The smallest absolute Gasteiger partial charge is 0.277 e. The molecule has 2 heterocycles. The van der Waals surface area contributed by atoms with Crippen molar-refractivity contribution in [2.45, 2.75) is 20.4 Å². The molecule has 0 saturated heterocycles. The van der Waals surface area contributed by atoms with Gasteiger partial charge in [0.25, 0.3) is 5.91 Å². The first kappa shape index (κ1) is 14.3. The van der Waals surface area contributed by atoms with Crippen molar-refractivity contribution < 1.29 is 9.53 Å². The highest BCUT2D eigenvalue weighted by Crippen LogP contribution is 2.17. The molecule has 1 aliphatic heterocycles. The Hall–Kier alpha value is -2.08. The molecule has 0 saturated carbocycles. The Balaban J connectivity index is 2.26. The second-order valence-corrected chi connectivity index (χ2v) is 4.96. The Morgan fingerprint density at radius 1 is 1.45 bits per heavy atom. The molecule has 1 amide bonds. The Labute approximate surface area is 118 Å². The van der Waals surface area contributed by atoms with Crippen LogP contribution in [0.25, 0.3) is 6.08 Å². The minimum absolute atomic E-state index is 0.241. The average Bonchev–Trinajstić information content (AvgIpc) is 2.87. The van der Waals surface area contributed by atoms with Gasteiger partial charge in [-0.25, -0.2) is 5.43 Å². The molecular weight excluding hydrogens is 256 g/mol. The van der Waals surface area contributed by atoms with E-state index in [-0.39, 0.29) is 5.91 Å². The molecule has 1 aromatic heterocycles. The number of aromatic nitrogens is 1. The van der Waals surface area contributed by atoms with Gasteiger partial charge in [0.05, 0.1) is 6.61 Å². The van der Waals surface area contributed by atoms with Crippen molar-refractivity contribution in [2.75, 3.05) is 20.7 Å². The van der Waals surface area contributed by atoms with Crippen molar-refractivity contribution in [3.8, 4) is 0 Å². The van der Waals surface area contributed by atoms with Crippen LogP contribution in [0.4, 0.5) is 0 Å². The van der Waals surface area contributed by atoms with Crippen LogP contribution in [0.15, 0.2) is 16.7 Å². The van der Waals surface area contributed by atoms with E-state index in [9.17, 15) is 4.79 Å². The number of aromatic amines is 1. The molecular formula is C14H20N4O2. The maximum absolute atomic E-state index is 11.7. The first-order valence-corrected chi connectivity index (χ1v) is 6.57. The number of ether oxygens (including phenoxy) is 1. The van der Waals surface area contributed by atoms with Crippen molar-refractivity contribution in [3.63, 3.8) is 0 Å². The highest BCUT2D eigenvalue weighted by molar-refractivity contribution is 6.24. The van der Waals surface area contributed by atoms with Gasteiger partial charge in [0.2, 0.25) is 5.90 Å². The molecule has 1 aliphatic rings. The van der Waals surface area contributed by atoms with Crippen LogP contribution in [0.3, 0.4) is 0 Å². The molecule has 0 atom stereocenters. The van der Waals surface area contributed by atoms with E-state index < -0.39 is 0 Å². The number of nitrogens with one attached hydrogen (secondary N) is 2. The van der Waals surface area contributed by atoms with Crippen LogP contribution in [-0.4, -0.2) is 42.4 Å². The molecule has 0 unspecified atom stereocenters. The van der Waals surface area contributed by atoms with Crippen molar-refractivity contribution >= 4 is 17.9 Å². The summed E-state index contributed by atoms with van der Waals surface area (Å²) < 4.78 is 5.34. The second-order valence-electron chi connectivity index (χ2n) is 4.96. The lowest BCUT2D eigenvalue weighted by Crippen LogP contribution is -2.14. The van der Waals surface area contributed by atoms with Gasteiger partial charge < -0.3 is 14.6 Å². The normalized spacial score (nSPS) is 16.8. The molecule has 20 heavy (non-hydrogen) atoms.